The maximum atomic E-state index is 8.68. The summed E-state index contributed by atoms with van der Waals surface area (Å²) in [5, 5.41) is 8.68. The summed E-state index contributed by atoms with van der Waals surface area (Å²) in [4.78, 5) is 0. The van der Waals surface area contributed by atoms with Gasteiger partial charge in [-0.3, -0.25) is 0 Å². The van der Waals surface area contributed by atoms with Crippen molar-refractivity contribution in [1.82, 2.24) is 0 Å². The van der Waals surface area contributed by atoms with Crippen molar-refractivity contribution in [1.29, 1.82) is 5.26 Å². The zero-order valence-corrected chi connectivity index (χ0v) is 13.5. The molecule has 0 unspecified atom stereocenters. The van der Waals surface area contributed by atoms with Gasteiger partial charge in [0.1, 0.15) is 0 Å². The van der Waals surface area contributed by atoms with Gasteiger partial charge in [0.2, 0.25) is 0 Å². The Hall–Kier alpha value is -0.510. The topological polar surface area (TPSA) is 23.8 Å². The highest BCUT2D eigenvalue weighted by Gasteiger charge is 2.32. The zero-order valence-electron chi connectivity index (χ0n) is 13.5. The highest BCUT2D eigenvalue weighted by molar-refractivity contribution is 4.84. The van der Waals surface area contributed by atoms with Crippen LogP contribution in [0.4, 0.5) is 0 Å². The summed E-state index contributed by atoms with van der Waals surface area (Å²) < 4.78 is 0. The van der Waals surface area contributed by atoms with Crippen LogP contribution in [0.2, 0.25) is 0 Å². The number of hydrogen-bond acceptors (Lipinski definition) is 1. The molecule has 1 aliphatic rings. The third-order valence-electron chi connectivity index (χ3n) is 4.08. The van der Waals surface area contributed by atoms with Crippen LogP contribution < -0.4 is 0 Å². The molecule has 0 aromatic heterocycles. The molecule has 0 N–H and O–H groups in total. The van der Waals surface area contributed by atoms with Gasteiger partial charge < -0.3 is 0 Å². The van der Waals surface area contributed by atoms with Crippen molar-refractivity contribution >= 4 is 0 Å². The first kappa shape index (κ1) is 17.5. The van der Waals surface area contributed by atoms with E-state index in [-0.39, 0.29) is 0 Å². The maximum absolute atomic E-state index is 8.68. The predicted molar refractivity (Wildman–Crippen MR) is 80.3 cm³/mol. The van der Waals surface area contributed by atoms with Gasteiger partial charge in [-0.15, -0.1) is 0 Å². The third kappa shape index (κ3) is 7.04. The van der Waals surface area contributed by atoms with Crippen molar-refractivity contribution in [2.24, 2.45) is 16.7 Å². The van der Waals surface area contributed by atoms with E-state index in [9.17, 15) is 0 Å². The van der Waals surface area contributed by atoms with Crippen LogP contribution >= 0.6 is 0 Å². The Morgan fingerprint density at radius 2 is 1.44 bits per heavy atom. The molecule has 1 aliphatic carbocycles. The summed E-state index contributed by atoms with van der Waals surface area (Å²) in [6, 6.07) is 2.29. The Labute approximate surface area is 115 Å². The minimum Gasteiger partial charge on any atom is -0.198 e. The predicted octanol–water partition coefficient (Wildman–Crippen LogP) is 5.95. The van der Waals surface area contributed by atoms with Gasteiger partial charge in [-0.25, -0.2) is 0 Å². The molecule has 0 aromatic carbocycles. The summed E-state index contributed by atoms with van der Waals surface area (Å²) in [6.07, 6.45) is 8.49. The lowest BCUT2D eigenvalue weighted by molar-refractivity contribution is 0.124. The van der Waals surface area contributed by atoms with E-state index in [1.165, 1.54) is 32.1 Å². The van der Waals surface area contributed by atoms with Gasteiger partial charge >= 0.3 is 0 Å². The molecule has 0 spiro atoms. The van der Waals surface area contributed by atoms with Crippen molar-refractivity contribution in [3.05, 3.63) is 0 Å². The molecule has 0 aliphatic heterocycles. The summed E-state index contributed by atoms with van der Waals surface area (Å²) >= 11 is 0. The molecule has 0 heterocycles. The molecule has 0 amide bonds. The van der Waals surface area contributed by atoms with Gasteiger partial charge in [-0.2, -0.15) is 5.26 Å². The smallest absolute Gasteiger partial charge is 0.0621 e. The van der Waals surface area contributed by atoms with Gasteiger partial charge in [-0.05, 0) is 55.3 Å². The molecule has 1 heteroatoms. The fourth-order valence-electron chi connectivity index (χ4n) is 3.36. The highest BCUT2D eigenvalue weighted by atomic mass is 14.4. The van der Waals surface area contributed by atoms with Crippen molar-refractivity contribution in [2.45, 2.75) is 86.5 Å². The average Bonchev–Trinajstić information content (AvgIpc) is 2.28. The van der Waals surface area contributed by atoms with E-state index >= 15 is 0 Å². The largest absolute Gasteiger partial charge is 0.198 e. The molecular formula is C17H33N. The number of hydrogen-bond donors (Lipinski definition) is 0. The fourth-order valence-corrected chi connectivity index (χ4v) is 3.36. The van der Waals surface area contributed by atoms with Crippen LogP contribution in [0.15, 0.2) is 0 Å². The Morgan fingerprint density at radius 3 is 1.83 bits per heavy atom. The van der Waals surface area contributed by atoms with E-state index < -0.39 is 0 Å². The van der Waals surface area contributed by atoms with Crippen LogP contribution in [0.25, 0.3) is 0 Å². The molecule has 1 rings (SSSR count). The van der Waals surface area contributed by atoms with Crippen molar-refractivity contribution in [3.8, 4) is 6.07 Å². The number of rotatable bonds is 2. The normalized spacial score (nSPS) is 22.9. The van der Waals surface area contributed by atoms with Crippen molar-refractivity contribution in [2.75, 3.05) is 0 Å². The monoisotopic (exact) mass is 251 g/mol. The molecule has 1 nitrogen and oxygen atoms in total. The Bertz CT molecular complexity index is 239. The molecule has 1 saturated carbocycles. The van der Waals surface area contributed by atoms with Crippen LogP contribution in [0.5, 0.6) is 0 Å². The van der Waals surface area contributed by atoms with Crippen LogP contribution in [-0.4, -0.2) is 0 Å². The first-order chi connectivity index (χ1) is 8.35. The second kappa shape index (κ2) is 7.82. The molecule has 18 heavy (non-hydrogen) atoms. The second-order valence-electron chi connectivity index (χ2n) is 7.15. The lowest BCUT2D eigenvalue weighted by Gasteiger charge is -2.39. The van der Waals surface area contributed by atoms with Gasteiger partial charge in [0.25, 0.3) is 0 Å². The van der Waals surface area contributed by atoms with Crippen LogP contribution in [0, 0.1) is 28.1 Å². The first-order valence-electron chi connectivity index (χ1n) is 7.72. The summed E-state index contributed by atoms with van der Waals surface area (Å²) in [7, 11) is 0. The van der Waals surface area contributed by atoms with E-state index in [2.05, 4.69) is 33.8 Å². The molecule has 106 valence electrons. The molecule has 0 aromatic rings. The number of nitriles is 1. The van der Waals surface area contributed by atoms with Gasteiger partial charge in [0.15, 0.2) is 0 Å². The quantitative estimate of drug-likeness (QED) is 0.595. The van der Waals surface area contributed by atoms with E-state index in [1.807, 2.05) is 13.8 Å². The molecule has 0 radical (unpaired) electrons. The van der Waals surface area contributed by atoms with E-state index in [4.69, 9.17) is 5.26 Å². The van der Waals surface area contributed by atoms with Crippen molar-refractivity contribution < 1.29 is 0 Å². The molecule has 0 saturated heterocycles. The molecule has 1 fully saturated rings. The van der Waals surface area contributed by atoms with Gasteiger partial charge in [0, 0.05) is 6.42 Å². The minimum atomic E-state index is 0.481. The van der Waals surface area contributed by atoms with Crippen molar-refractivity contribution in [3.63, 3.8) is 0 Å². The van der Waals surface area contributed by atoms with E-state index in [0.717, 1.165) is 18.8 Å². The average molecular weight is 251 g/mol. The zero-order chi connectivity index (χ0) is 14.2. The summed E-state index contributed by atoms with van der Waals surface area (Å²) in [5.41, 5.74) is 0.962. The SMILES string of the molecule is CC.CC1(C)CCC(CCC#N)CCC(C)(C)C1. The Kier molecular flexibility index (Phi) is 7.60. The molecular weight excluding hydrogens is 218 g/mol. The number of nitrogens with zero attached hydrogens (tertiary/aromatic N) is 1. The Morgan fingerprint density at radius 1 is 1.00 bits per heavy atom. The van der Waals surface area contributed by atoms with E-state index in [0.29, 0.717) is 10.8 Å². The lowest BCUT2D eigenvalue weighted by Crippen LogP contribution is -2.27. The highest BCUT2D eigenvalue weighted by Crippen LogP contribution is 2.44. The van der Waals surface area contributed by atoms with Gasteiger partial charge in [-0.1, -0.05) is 41.5 Å². The van der Waals surface area contributed by atoms with Crippen LogP contribution in [0.3, 0.4) is 0 Å². The molecule has 0 bridgehead atoms. The Balaban J connectivity index is 0.00000137. The first-order valence-corrected chi connectivity index (χ1v) is 7.72. The molecule has 0 atom stereocenters. The third-order valence-corrected chi connectivity index (χ3v) is 4.08. The van der Waals surface area contributed by atoms with E-state index in [1.54, 1.807) is 0 Å². The maximum Gasteiger partial charge on any atom is 0.0621 e. The lowest BCUT2D eigenvalue weighted by atomic mass is 9.66. The summed E-state index contributed by atoms with van der Waals surface area (Å²) in [6.45, 7) is 13.6. The summed E-state index contributed by atoms with van der Waals surface area (Å²) in [5.74, 6) is 0.790. The minimum absolute atomic E-state index is 0.481. The standard InChI is InChI=1S/C15H27N.C2H6/c1-14(2)9-7-13(6-5-11-16)8-10-15(3,4)12-14;1-2/h13H,5-10,12H2,1-4H3;1-2H3. The van der Waals surface area contributed by atoms with Crippen LogP contribution in [-0.2, 0) is 0 Å². The van der Waals surface area contributed by atoms with Gasteiger partial charge in [0.05, 0.1) is 6.07 Å². The van der Waals surface area contributed by atoms with Crippen LogP contribution in [0.1, 0.15) is 86.5 Å². The second-order valence-corrected chi connectivity index (χ2v) is 7.15. The fraction of sp³-hybridized carbons (Fsp3) is 0.941.